The summed E-state index contributed by atoms with van der Waals surface area (Å²) in [6, 6.07) is 17.2. The van der Waals surface area contributed by atoms with Crippen molar-refractivity contribution in [3.05, 3.63) is 78.1 Å². The average molecular weight is 691 g/mol. The van der Waals surface area contributed by atoms with Crippen molar-refractivity contribution in [1.29, 1.82) is 0 Å². The van der Waals surface area contributed by atoms with Crippen LogP contribution in [-0.2, 0) is 44.5 Å². The third-order valence-corrected chi connectivity index (χ3v) is 7.84. The van der Waals surface area contributed by atoms with Crippen LogP contribution in [0.5, 0.6) is 11.5 Å². The summed E-state index contributed by atoms with van der Waals surface area (Å²) in [5, 5.41) is 2.49. The third kappa shape index (κ3) is 9.58. The van der Waals surface area contributed by atoms with E-state index in [9.17, 15) is 24.0 Å². The maximum Gasteiger partial charge on any atom is 0.332 e. The lowest BCUT2D eigenvalue weighted by atomic mass is 9.89. The van der Waals surface area contributed by atoms with Gasteiger partial charge in [-0.3, -0.25) is 19.2 Å². The van der Waals surface area contributed by atoms with Crippen LogP contribution in [-0.4, -0.2) is 73.5 Å². The van der Waals surface area contributed by atoms with E-state index in [0.29, 0.717) is 0 Å². The highest BCUT2D eigenvalue weighted by Gasteiger charge is 2.42. The zero-order chi connectivity index (χ0) is 36.4. The number of hydrogen-bond acceptors (Lipinski definition) is 12. The van der Waals surface area contributed by atoms with Crippen LogP contribution in [0.1, 0.15) is 50.7 Å². The standard InChI is InChI=1S/C37H42N2O11/c1-21(2)34(41)48-20-47-32-29(45-6)15-16-38-30(32)33(40)39-28-19-46-36(43)27(31(23(5)49-37(28)44)50-35(42)22(3)4)18-24-11-10-14-26(17-24)25-12-8-7-9-13-25/h7-17,21-23,27-28,31H,18-20H2,1-6H3,(H,39,40). The highest BCUT2D eigenvalue weighted by atomic mass is 16.7. The zero-order valence-corrected chi connectivity index (χ0v) is 28.9. The molecule has 1 aliphatic heterocycles. The minimum Gasteiger partial charge on any atom is -0.493 e. The molecule has 4 rings (SSSR count). The molecule has 0 radical (unpaired) electrons. The highest BCUT2D eigenvalue weighted by Crippen LogP contribution is 2.30. The van der Waals surface area contributed by atoms with Gasteiger partial charge in [-0.25, -0.2) is 9.78 Å². The molecular formula is C37H42N2O11. The SMILES string of the molecule is COc1ccnc(C(=O)NC2COC(=O)C(Cc3cccc(-c4ccccc4)c3)C(OC(=O)C(C)C)C(C)OC2=O)c1OCOC(=O)C(C)C. The Kier molecular flexibility index (Phi) is 12.9. The number of cyclic esters (lactones) is 2. The summed E-state index contributed by atoms with van der Waals surface area (Å²) in [6.45, 7) is 6.98. The van der Waals surface area contributed by atoms with Crippen molar-refractivity contribution in [2.45, 2.75) is 59.3 Å². The van der Waals surface area contributed by atoms with Crippen molar-refractivity contribution in [2.75, 3.05) is 20.5 Å². The normalized spacial score (nSPS) is 19.3. The fourth-order valence-corrected chi connectivity index (χ4v) is 5.08. The number of amides is 1. The lowest BCUT2D eigenvalue weighted by molar-refractivity contribution is -0.176. The molecule has 1 aliphatic rings. The molecule has 2 aromatic carbocycles. The number of carbonyl (C=O) groups excluding carboxylic acids is 5. The largest absolute Gasteiger partial charge is 0.493 e. The van der Waals surface area contributed by atoms with E-state index in [1.807, 2.05) is 54.6 Å². The third-order valence-electron chi connectivity index (χ3n) is 7.84. The van der Waals surface area contributed by atoms with Crippen molar-refractivity contribution in [1.82, 2.24) is 10.3 Å². The molecule has 13 heteroatoms. The molecule has 3 aromatic rings. The molecule has 13 nitrogen and oxygen atoms in total. The average Bonchev–Trinajstić information content (AvgIpc) is 3.14. The Balaban J connectivity index is 1.59. The molecule has 1 N–H and O–H groups in total. The summed E-state index contributed by atoms with van der Waals surface area (Å²) in [6.07, 6.45) is -0.925. The lowest BCUT2D eigenvalue weighted by Gasteiger charge is -2.29. The van der Waals surface area contributed by atoms with Crippen LogP contribution in [0, 0.1) is 17.8 Å². The summed E-state index contributed by atoms with van der Waals surface area (Å²) in [5.41, 5.74) is 2.37. The number of aromatic nitrogens is 1. The van der Waals surface area contributed by atoms with Gasteiger partial charge in [-0.1, -0.05) is 82.3 Å². The van der Waals surface area contributed by atoms with Crippen LogP contribution in [0.15, 0.2) is 66.9 Å². The number of pyridine rings is 1. The molecule has 4 unspecified atom stereocenters. The topological polar surface area (TPSA) is 166 Å². The van der Waals surface area contributed by atoms with E-state index >= 15 is 0 Å². The van der Waals surface area contributed by atoms with Gasteiger partial charge in [0.25, 0.3) is 5.91 Å². The fraction of sp³-hybridized carbons (Fsp3) is 0.405. The summed E-state index contributed by atoms with van der Waals surface area (Å²) in [5.74, 6) is -5.74. The molecule has 2 heterocycles. The number of nitrogens with zero attached hydrogens (tertiary/aromatic N) is 1. The number of esters is 4. The molecule has 266 valence electrons. The smallest absolute Gasteiger partial charge is 0.332 e. The van der Waals surface area contributed by atoms with Crippen LogP contribution in [0.25, 0.3) is 11.1 Å². The second kappa shape index (κ2) is 17.3. The van der Waals surface area contributed by atoms with E-state index in [1.54, 1.807) is 27.7 Å². The molecular weight excluding hydrogens is 648 g/mol. The predicted octanol–water partition coefficient (Wildman–Crippen LogP) is 4.31. The number of nitrogens with one attached hydrogen (secondary N) is 1. The van der Waals surface area contributed by atoms with Crippen LogP contribution in [0.3, 0.4) is 0 Å². The maximum absolute atomic E-state index is 13.8. The summed E-state index contributed by atoms with van der Waals surface area (Å²) < 4.78 is 33.0. The van der Waals surface area contributed by atoms with Crippen LogP contribution in [0.4, 0.5) is 0 Å². The Labute approximate surface area is 290 Å². The van der Waals surface area contributed by atoms with E-state index in [-0.39, 0.29) is 23.6 Å². The Hall–Kier alpha value is -5.46. The lowest BCUT2D eigenvalue weighted by Crippen LogP contribution is -2.47. The highest BCUT2D eigenvalue weighted by molar-refractivity contribution is 5.98. The molecule has 0 saturated carbocycles. The predicted molar refractivity (Wildman–Crippen MR) is 179 cm³/mol. The minimum atomic E-state index is -1.48. The molecule has 0 spiro atoms. The van der Waals surface area contributed by atoms with Crippen molar-refractivity contribution < 1.29 is 52.4 Å². The second-order valence-electron chi connectivity index (χ2n) is 12.3. The Morgan fingerprint density at radius 1 is 0.920 bits per heavy atom. The van der Waals surface area contributed by atoms with Gasteiger partial charge in [-0.05, 0) is 30.0 Å². The van der Waals surface area contributed by atoms with E-state index in [1.165, 1.54) is 26.3 Å². The molecule has 1 fully saturated rings. The van der Waals surface area contributed by atoms with Crippen molar-refractivity contribution in [3.8, 4) is 22.6 Å². The Bertz CT molecular complexity index is 1670. The van der Waals surface area contributed by atoms with Gasteiger partial charge in [0.1, 0.15) is 18.6 Å². The van der Waals surface area contributed by atoms with E-state index in [0.717, 1.165) is 16.7 Å². The van der Waals surface area contributed by atoms with Gasteiger partial charge in [-0.2, -0.15) is 0 Å². The Morgan fingerprint density at radius 3 is 2.30 bits per heavy atom. The van der Waals surface area contributed by atoms with Gasteiger partial charge in [0, 0.05) is 12.3 Å². The first-order chi connectivity index (χ1) is 23.9. The van der Waals surface area contributed by atoms with Gasteiger partial charge in [0.15, 0.2) is 29.3 Å². The number of ether oxygens (including phenoxy) is 6. The summed E-state index contributed by atoms with van der Waals surface area (Å²) in [4.78, 5) is 69.5. The van der Waals surface area contributed by atoms with Crippen molar-refractivity contribution in [2.24, 2.45) is 17.8 Å². The monoisotopic (exact) mass is 690 g/mol. The Morgan fingerprint density at radius 2 is 1.62 bits per heavy atom. The van der Waals surface area contributed by atoms with E-state index < -0.39 is 79.2 Å². The molecule has 0 aliphatic carbocycles. The maximum atomic E-state index is 13.8. The van der Waals surface area contributed by atoms with Crippen molar-refractivity contribution in [3.63, 3.8) is 0 Å². The number of methoxy groups -OCH3 is 1. The van der Waals surface area contributed by atoms with Crippen LogP contribution in [0.2, 0.25) is 0 Å². The fourth-order valence-electron chi connectivity index (χ4n) is 5.08. The minimum absolute atomic E-state index is 0.101. The van der Waals surface area contributed by atoms with E-state index in [2.05, 4.69) is 10.3 Å². The quantitative estimate of drug-likeness (QED) is 0.163. The van der Waals surface area contributed by atoms with Gasteiger partial charge < -0.3 is 33.7 Å². The second-order valence-corrected chi connectivity index (χ2v) is 12.3. The van der Waals surface area contributed by atoms with E-state index in [4.69, 9.17) is 28.4 Å². The van der Waals surface area contributed by atoms with Crippen molar-refractivity contribution >= 4 is 29.8 Å². The first kappa shape index (κ1) is 37.4. The first-order valence-corrected chi connectivity index (χ1v) is 16.2. The van der Waals surface area contributed by atoms with Crippen LogP contribution < -0.4 is 14.8 Å². The number of rotatable bonds is 12. The van der Waals surface area contributed by atoms with Gasteiger partial charge in [0.2, 0.25) is 6.79 Å². The molecule has 1 amide bonds. The number of carbonyl (C=O) groups is 5. The van der Waals surface area contributed by atoms with Crippen LogP contribution >= 0.6 is 0 Å². The van der Waals surface area contributed by atoms with Gasteiger partial charge in [-0.15, -0.1) is 0 Å². The number of benzene rings is 2. The molecule has 1 aromatic heterocycles. The van der Waals surface area contributed by atoms with Gasteiger partial charge in [0.05, 0.1) is 18.9 Å². The van der Waals surface area contributed by atoms with Gasteiger partial charge >= 0.3 is 23.9 Å². The zero-order valence-electron chi connectivity index (χ0n) is 28.9. The molecule has 0 bridgehead atoms. The summed E-state index contributed by atoms with van der Waals surface area (Å²) in [7, 11) is 1.34. The molecule has 4 atom stereocenters. The molecule has 50 heavy (non-hydrogen) atoms. The summed E-state index contributed by atoms with van der Waals surface area (Å²) >= 11 is 0. The number of hydrogen-bond donors (Lipinski definition) is 1. The molecule has 1 saturated heterocycles. The first-order valence-electron chi connectivity index (χ1n) is 16.2.